The summed E-state index contributed by atoms with van der Waals surface area (Å²) in [5.74, 6) is 0.939. The van der Waals surface area contributed by atoms with Crippen LogP contribution in [0.1, 0.15) is 39.3 Å². The summed E-state index contributed by atoms with van der Waals surface area (Å²) in [6, 6.07) is 8.54. The number of hydrogen-bond donors (Lipinski definition) is 0. The fourth-order valence-electron chi connectivity index (χ4n) is 3.09. The van der Waals surface area contributed by atoms with Crippen molar-refractivity contribution in [1.29, 1.82) is 0 Å². The molecule has 0 saturated heterocycles. The molecule has 0 amide bonds. The van der Waals surface area contributed by atoms with Crippen molar-refractivity contribution in [3.63, 3.8) is 0 Å². The number of unbranched alkanes of at least 4 members (excludes halogenated alkanes) is 1. The first kappa shape index (κ1) is 14.9. The predicted octanol–water partition coefficient (Wildman–Crippen LogP) is 5.09. The zero-order valence-electron chi connectivity index (χ0n) is 13.9. The highest BCUT2D eigenvalue weighted by molar-refractivity contribution is 6.09. The number of hydrogen-bond acceptors (Lipinski definition) is 2. The summed E-state index contributed by atoms with van der Waals surface area (Å²) in [5, 5.41) is 2.57. The van der Waals surface area contributed by atoms with Crippen LogP contribution in [0.4, 0.5) is 0 Å². The lowest BCUT2D eigenvalue weighted by Crippen LogP contribution is -2.05. The first-order valence-electron chi connectivity index (χ1n) is 8.16. The van der Waals surface area contributed by atoms with Gasteiger partial charge >= 0.3 is 0 Å². The largest absolute Gasteiger partial charge is 0.491 e. The maximum absolute atomic E-state index is 5.88. The summed E-state index contributed by atoms with van der Waals surface area (Å²) in [7, 11) is 0. The predicted molar refractivity (Wildman–Crippen MR) is 92.6 cm³/mol. The van der Waals surface area contributed by atoms with Gasteiger partial charge in [0.25, 0.3) is 0 Å². The van der Waals surface area contributed by atoms with Gasteiger partial charge in [-0.25, -0.2) is 0 Å². The van der Waals surface area contributed by atoms with Gasteiger partial charge in [0, 0.05) is 29.6 Å². The van der Waals surface area contributed by atoms with E-state index in [1.54, 1.807) is 0 Å². The lowest BCUT2D eigenvalue weighted by Gasteiger charge is -2.11. The van der Waals surface area contributed by atoms with Gasteiger partial charge in [-0.05, 0) is 45.4 Å². The quantitative estimate of drug-likeness (QED) is 0.656. The molecule has 3 aromatic rings. The number of ether oxygens (including phenoxy) is 1. The molecule has 3 heteroatoms. The molecule has 0 atom stereocenters. The average Bonchev–Trinajstić information content (AvgIpc) is 2.79. The van der Waals surface area contributed by atoms with E-state index in [4.69, 9.17) is 4.74 Å². The topological polar surface area (TPSA) is 27.1 Å². The molecule has 1 aromatic carbocycles. The van der Waals surface area contributed by atoms with E-state index in [0.29, 0.717) is 0 Å². The van der Waals surface area contributed by atoms with Crippen molar-refractivity contribution >= 4 is 21.8 Å². The molecule has 0 unspecified atom stereocenters. The van der Waals surface area contributed by atoms with Gasteiger partial charge in [0.05, 0.1) is 22.8 Å². The Labute approximate surface area is 131 Å². The second kappa shape index (κ2) is 5.99. The minimum absolute atomic E-state index is 0.189. The minimum atomic E-state index is 0.189. The van der Waals surface area contributed by atoms with E-state index in [0.717, 1.165) is 18.0 Å². The van der Waals surface area contributed by atoms with Crippen LogP contribution in [0.3, 0.4) is 0 Å². The Morgan fingerprint density at radius 2 is 2.00 bits per heavy atom. The third-order valence-electron chi connectivity index (χ3n) is 4.03. The Morgan fingerprint density at radius 3 is 2.73 bits per heavy atom. The molecule has 0 spiro atoms. The van der Waals surface area contributed by atoms with Crippen molar-refractivity contribution in [2.45, 2.75) is 53.2 Å². The second-order valence-corrected chi connectivity index (χ2v) is 6.14. The number of nitrogens with zero attached hydrogens (tertiary/aromatic N) is 2. The van der Waals surface area contributed by atoms with Crippen LogP contribution >= 0.6 is 0 Å². The summed E-state index contributed by atoms with van der Waals surface area (Å²) >= 11 is 0. The maximum atomic E-state index is 5.88. The fourth-order valence-corrected chi connectivity index (χ4v) is 3.09. The van der Waals surface area contributed by atoms with Crippen LogP contribution in [0.5, 0.6) is 5.75 Å². The number of aryl methyl sites for hydroxylation is 2. The highest BCUT2D eigenvalue weighted by atomic mass is 16.5. The molecule has 0 bridgehead atoms. The van der Waals surface area contributed by atoms with Crippen LogP contribution in [0.2, 0.25) is 0 Å². The second-order valence-electron chi connectivity index (χ2n) is 6.14. The average molecular weight is 296 g/mol. The molecule has 2 aromatic heterocycles. The van der Waals surface area contributed by atoms with Gasteiger partial charge in [0.2, 0.25) is 0 Å². The summed E-state index contributed by atoms with van der Waals surface area (Å²) in [5.41, 5.74) is 3.60. The highest BCUT2D eigenvalue weighted by Gasteiger charge is 2.13. The number of aromatic nitrogens is 2. The third-order valence-corrected chi connectivity index (χ3v) is 4.03. The molecule has 2 heterocycles. The van der Waals surface area contributed by atoms with Gasteiger partial charge in [0.15, 0.2) is 0 Å². The lowest BCUT2D eigenvalue weighted by molar-refractivity contribution is 0.242. The van der Waals surface area contributed by atoms with Crippen LogP contribution in [-0.2, 0) is 6.54 Å². The summed E-state index contributed by atoms with van der Waals surface area (Å²) in [6.45, 7) is 9.46. The van der Waals surface area contributed by atoms with Crippen molar-refractivity contribution in [3.8, 4) is 5.75 Å². The maximum Gasteiger partial charge on any atom is 0.121 e. The number of pyridine rings is 1. The Balaban J connectivity index is 2.26. The molecule has 3 rings (SSSR count). The van der Waals surface area contributed by atoms with Crippen molar-refractivity contribution in [2.24, 2.45) is 0 Å². The van der Waals surface area contributed by atoms with Crippen molar-refractivity contribution in [3.05, 3.63) is 36.2 Å². The van der Waals surface area contributed by atoms with Gasteiger partial charge < -0.3 is 9.30 Å². The molecule has 0 saturated carbocycles. The highest BCUT2D eigenvalue weighted by Crippen LogP contribution is 2.33. The van der Waals surface area contributed by atoms with E-state index >= 15 is 0 Å². The van der Waals surface area contributed by atoms with E-state index in [2.05, 4.69) is 61.5 Å². The zero-order valence-corrected chi connectivity index (χ0v) is 13.9. The van der Waals surface area contributed by atoms with Crippen molar-refractivity contribution in [1.82, 2.24) is 9.55 Å². The van der Waals surface area contributed by atoms with Crippen molar-refractivity contribution < 1.29 is 4.74 Å². The zero-order chi connectivity index (χ0) is 15.7. The Morgan fingerprint density at radius 1 is 1.18 bits per heavy atom. The minimum Gasteiger partial charge on any atom is -0.491 e. The number of fused-ring (bicyclic) bond motifs is 3. The van der Waals surface area contributed by atoms with Crippen LogP contribution in [0, 0.1) is 6.92 Å². The molecule has 22 heavy (non-hydrogen) atoms. The molecule has 0 radical (unpaired) electrons. The molecule has 3 nitrogen and oxygen atoms in total. The lowest BCUT2D eigenvalue weighted by atomic mass is 10.1. The molecular formula is C19H24N2O. The summed E-state index contributed by atoms with van der Waals surface area (Å²) in [4.78, 5) is 4.49. The van der Waals surface area contributed by atoms with E-state index in [-0.39, 0.29) is 6.10 Å². The Hall–Kier alpha value is -2.03. The van der Waals surface area contributed by atoms with E-state index in [1.165, 1.54) is 34.6 Å². The summed E-state index contributed by atoms with van der Waals surface area (Å²) in [6.07, 6.45) is 4.44. The molecule has 0 fully saturated rings. The van der Waals surface area contributed by atoms with Crippen LogP contribution in [-0.4, -0.2) is 15.7 Å². The van der Waals surface area contributed by atoms with Crippen LogP contribution in [0.15, 0.2) is 30.5 Å². The van der Waals surface area contributed by atoms with Crippen molar-refractivity contribution in [2.75, 3.05) is 0 Å². The third kappa shape index (κ3) is 2.56. The van der Waals surface area contributed by atoms with Gasteiger partial charge in [-0.2, -0.15) is 0 Å². The monoisotopic (exact) mass is 296 g/mol. The molecule has 0 aliphatic carbocycles. The first-order chi connectivity index (χ1) is 10.6. The SMILES string of the molecule is CCCCn1c2cc(OC(C)C)ccc2c2ccnc(C)c21. The number of rotatable bonds is 5. The van der Waals surface area contributed by atoms with Gasteiger partial charge in [0.1, 0.15) is 5.75 Å². The standard InChI is InChI=1S/C19H24N2O/c1-5-6-11-21-18-12-15(22-13(2)3)7-8-16(18)17-9-10-20-14(4)19(17)21/h7-10,12-13H,5-6,11H2,1-4H3. The number of benzene rings is 1. The fraction of sp³-hybridized carbons (Fsp3) is 0.421. The first-order valence-corrected chi connectivity index (χ1v) is 8.16. The van der Waals surface area contributed by atoms with Gasteiger partial charge in [-0.1, -0.05) is 13.3 Å². The van der Waals surface area contributed by atoms with E-state index in [9.17, 15) is 0 Å². The van der Waals surface area contributed by atoms with Crippen LogP contribution in [0.25, 0.3) is 21.8 Å². The van der Waals surface area contributed by atoms with Gasteiger partial charge in [-0.15, -0.1) is 0 Å². The normalized spacial score (nSPS) is 11.7. The molecule has 116 valence electrons. The summed E-state index contributed by atoms with van der Waals surface area (Å²) < 4.78 is 8.29. The van der Waals surface area contributed by atoms with E-state index < -0.39 is 0 Å². The molecule has 0 aliphatic rings. The van der Waals surface area contributed by atoms with Crippen LogP contribution < -0.4 is 4.74 Å². The smallest absolute Gasteiger partial charge is 0.121 e. The van der Waals surface area contributed by atoms with E-state index in [1.807, 2.05) is 6.20 Å². The molecular weight excluding hydrogens is 272 g/mol. The molecule has 0 aliphatic heterocycles. The Bertz CT molecular complexity index is 802. The van der Waals surface area contributed by atoms with Gasteiger partial charge in [-0.3, -0.25) is 4.98 Å². The molecule has 0 N–H and O–H groups in total. The Kier molecular flexibility index (Phi) is 4.06.